The van der Waals surface area contributed by atoms with Gasteiger partial charge in [0, 0.05) is 57.3 Å². The Balaban J connectivity index is 1.09. The van der Waals surface area contributed by atoms with Crippen LogP contribution >= 0.6 is 22.7 Å². The summed E-state index contributed by atoms with van der Waals surface area (Å²) in [7, 11) is 0. The third-order valence-electron chi connectivity index (χ3n) is 13.1. The van der Waals surface area contributed by atoms with Gasteiger partial charge < -0.3 is 4.90 Å². The number of rotatable bonds is 7. The number of hydrogen-bond donors (Lipinski definition) is 0. The van der Waals surface area contributed by atoms with E-state index in [1.54, 1.807) is 0 Å². The van der Waals surface area contributed by atoms with Crippen molar-refractivity contribution in [2.75, 3.05) is 4.90 Å². The molecule has 0 unspecified atom stereocenters. The highest BCUT2D eigenvalue weighted by atomic mass is 32.1. The van der Waals surface area contributed by atoms with Gasteiger partial charge in [-0.3, -0.25) is 0 Å². The first-order valence-corrected chi connectivity index (χ1v) is 23.3. The van der Waals surface area contributed by atoms with Gasteiger partial charge in [-0.1, -0.05) is 159 Å². The van der Waals surface area contributed by atoms with Gasteiger partial charge in [0.2, 0.25) is 0 Å². The molecule has 1 aliphatic carbocycles. The molecule has 2 aromatic heterocycles. The lowest BCUT2D eigenvalue weighted by molar-refractivity contribution is 0.445. The van der Waals surface area contributed by atoms with Crippen molar-refractivity contribution in [3.05, 3.63) is 200 Å². The van der Waals surface area contributed by atoms with Crippen LogP contribution in [0.15, 0.2) is 194 Å². The molecule has 292 valence electrons. The van der Waals surface area contributed by atoms with Crippen molar-refractivity contribution in [2.45, 2.75) is 38.0 Å². The van der Waals surface area contributed by atoms with Crippen LogP contribution in [-0.4, -0.2) is 0 Å². The highest BCUT2D eigenvalue weighted by molar-refractivity contribution is 7.26. The Bertz CT molecular complexity index is 3270. The lowest BCUT2D eigenvalue weighted by Crippen LogP contribution is -2.12. The largest absolute Gasteiger partial charge is 0.310 e. The second-order valence-electron chi connectivity index (χ2n) is 16.6. The van der Waals surface area contributed by atoms with Crippen LogP contribution in [0, 0.1) is 0 Å². The zero-order valence-corrected chi connectivity index (χ0v) is 35.5. The van der Waals surface area contributed by atoms with Gasteiger partial charge in [0.1, 0.15) is 0 Å². The first-order chi connectivity index (χ1) is 30.3. The van der Waals surface area contributed by atoms with Crippen molar-refractivity contribution in [3.8, 4) is 33.4 Å². The number of hydrogen-bond acceptors (Lipinski definition) is 3. The van der Waals surface area contributed by atoms with Gasteiger partial charge in [-0.2, -0.15) is 0 Å². The number of benzene rings is 9. The van der Waals surface area contributed by atoms with E-state index in [1.807, 2.05) is 22.7 Å². The molecule has 0 aliphatic heterocycles. The maximum absolute atomic E-state index is 2.52. The monoisotopic (exact) mass is 817 g/mol. The van der Waals surface area contributed by atoms with Crippen molar-refractivity contribution < 1.29 is 0 Å². The molecule has 1 saturated carbocycles. The highest BCUT2D eigenvalue weighted by Crippen LogP contribution is 2.48. The van der Waals surface area contributed by atoms with Gasteiger partial charge in [-0.25, -0.2) is 0 Å². The van der Waals surface area contributed by atoms with E-state index in [0.29, 0.717) is 5.92 Å². The summed E-state index contributed by atoms with van der Waals surface area (Å²) in [5.74, 6) is 0.585. The third-order valence-corrected chi connectivity index (χ3v) is 15.3. The fourth-order valence-corrected chi connectivity index (χ4v) is 12.6. The lowest BCUT2D eigenvalue weighted by atomic mass is 9.80. The summed E-state index contributed by atoms with van der Waals surface area (Å²) in [6.07, 6.45) is 6.49. The van der Waals surface area contributed by atoms with E-state index >= 15 is 0 Å². The minimum Gasteiger partial charge on any atom is -0.310 e. The standard InChI is InChI=1S/C58H43NS2/c1-2-16-38(17-3-1)44-27-12-18-39-19-13-30-48(56(39)44)47-24-4-7-31-51(47)59(42-22-10-20-40(36-42)45-28-14-34-54-57(45)49-25-5-8-32-52(49)60-54)43-23-11-21-41(37-43)46-29-15-35-55-58(46)50-26-6-9-33-53(50)61-55/h4-15,18-38H,1-3,16-17H2. The minimum atomic E-state index is 0.585. The molecule has 0 bridgehead atoms. The van der Waals surface area contributed by atoms with Gasteiger partial charge in [-0.15, -0.1) is 22.7 Å². The Kier molecular flexibility index (Phi) is 9.05. The molecule has 0 spiro atoms. The summed E-state index contributed by atoms with van der Waals surface area (Å²) < 4.78 is 5.28. The van der Waals surface area contributed by atoms with E-state index in [-0.39, 0.29) is 0 Å². The van der Waals surface area contributed by atoms with Gasteiger partial charge in [0.05, 0.1) is 5.69 Å². The first-order valence-electron chi connectivity index (χ1n) is 21.7. The maximum Gasteiger partial charge on any atom is 0.0540 e. The summed E-state index contributed by atoms with van der Waals surface area (Å²) in [5.41, 5.74) is 12.4. The molecule has 11 aromatic rings. The molecule has 9 aromatic carbocycles. The zero-order chi connectivity index (χ0) is 40.3. The van der Waals surface area contributed by atoms with Crippen LogP contribution in [-0.2, 0) is 0 Å². The van der Waals surface area contributed by atoms with E-state index in [2.05, 4.69) is 199 Å². The normalized spacial score (nSPS) is 13.5. The molecule has 1 fully saturated rings. The number of thiophene rings is 2. The second kappa shape index (κ2) is 15.2. The van der Waals surface area contributed by atoms with Crippen molar-refractivity contribution >= 4 is 90.9 Å². The molecule has 0 atom stereocenters. The maximum atomic E-state index is 2.52. The molecule has 1 aliphatic rings. The summed E-state index contributed by atoms with van der Waals surface area (Å²) in [5, 5.41) is 8.01. The predicted octanol–water partition coefficient (Wildman–Crippen LogP) is 18.1. The SMILES string of the molecule is c1cc(-c2cccc3sc4ccccc4c23)cc(N(c2cccc(-c3cccc4sc5ccccc5c34)c2)c2ccccc2-c2cccc3cccc(C4CCCCC4)c23)c1. The number of nitrogens with zero attached hydrogens (tertiary/aromatic N) is 1. The molecule has 0 N–H and O–H groups in total. The van der Waals surface area contributed by atoms with Gasteiger partial charge in [0.25, 0.3) is 0 Å². The topological polar surface area (TPSA) is 3.24 Å². The Morgan fingerprint density at radius 1 is 0.377 bits per heavy atom. The molecule has 1 nitrogen and oxygen atoms in total. The van der Waals surface area contributed by atoms with Crippen molar-refractivity contribution in [2.24, 2.45) is 0 Å². The van der Waals surface area contributed by atoms with E-state index in [0.717, 1.165) is 11.4 Å². The van der Waals surface area contributed by atoms with Crippen LogP contribution in [0.1, 0.15) is 43.6 Å². The lowest BCUT2D eigenvalue weighted by Gasteiger charge is -2.30. The van der Waals surface area contributed by atoms with E-state index in [1.165, 1.54) is 128 Å². The molecule has 12 rings (SSSR count). The number of fused-ring (bicyclic) bond motifs is 7. The molecule has 0 radical (unpaired) electrons. The van der Waals surface area contributed by atoms with Crippen LogP contribution in [0.5, 0.6) is 0 Å². The molecule has 3 heteroatoms. The van der Waals surface area contributed by atoms with E-state index in [4.69, 9.17) is 0 Å². The van der Waals surface area contributed by atoms with Gasteiger partial charge in [0.15, 0.2) is 0 Å². The summed E-state index contributed by atoms with van der Waals surface area (Å²) in [4.78, 5) is 2.52. The Morgan fingerprint density at radius 3 is 1.51 bits per heavy atom. The minimum absolute atomic E-state index is 0.585. The molecule has 61 heavy (non-hydrogen) atoms. The van der Waals surface area contributed by atoms with Gasteiger partial charge in [-0.05, 0) is 118 Å². The smallest absolute Gasteiger partial charge is 0.0540 e. The summed E-state index contributed by atoms with van der Waals surface area (Å²) in [6.45, 7) is 0. The van der Waals surface area contributed by atoms with Crippen LogP contribution in [0.2, 0.25) is 0 Å². The average molecular weight is 818 g/mol. The molecule has 0 amide bonds. The summed E-state index contributed by atoms with van der Waals surface area (Å²) >= 11 is 3.76. The Hall–Kier alpha value is -6.52. The van der Waals surface area contributed by atoms with Crippen LogP contribution in [0.3, 0.4) is 0 Å². The van der Waals surface area contributed by atoms with Crippen molar-refractivity contribution in [1.82, 2.24) is 0 Å². The van der Waals surface area contributed by atoms with Crippen LogP contribution in [0.25, 0.3) is 84.5 Å². The third kappa shape index (κ3) is 6.26. The van der Waals surface area contributed by atoms with Crippen molar-refractivity contribution in [3.63, 3.8) is 0 Å². The number of anilines is 3. The molecular formula is C58H43NS2. The molecule has 0 saturated heterocycles. The van der Waals surface area contributed by atoms with Gasteiger partial charge >= 0.3 is 0 Å². The average Bonchev–Trinajstić information content (AvgIpc) is 3.91. The number of para-hydroxylation sites is 1. The Morgan fingerprint density at radius 2 is 0.869 bits per heavy atom. The fourth-order valence-electron chi connectivity index (χ4n) is 10.3. The highest BCUT2D eigenvalue weighted by Gasteiger charge is 2.24. The predicted molar refractivity (Wildman–Crippen MR) is 267 cm³/mol. The summed E-state index contributed by atoms with van der Waals surface area (Å²) in [6, 6.07) is 72.8. The van der Waals surface area contributed by atoms with Crippen molar-refractivity contribution in [1.29, 1.82) is 0 Å². The Labute approximate surface area is 364 Å². The molecule has 2 heterocycles. The fraction of sp³-hybridized carbons (Fsp3) is 0.103. The molecular weight excluding hydrogens is 775 g/mol. The quantitative estimate of drug-likeness (QED) is 0.155. The second-order valence-corrected chi connectivity index (χ2v) is 18.8. The van der Waals surface area contributed by atoms with Crippen LogP contribution in [0.4, 0.5) is 17.1 Å². The zero-order valence-electron chi connectivity index (χ0n) is 33.9. The van der Waals surface area contributed by atoms with E-state index in [9.17, 15) is 0 Å². The first kappa shape index (κ1) is 36.3. The van der Waals surface area contributed by atoms with Crippen LogP contribution < -0.4 is 4.90 Å². The van der Waals surface area contributed by atoms with E-state index < -0.39 is 0 Å².